The van der Waals surface area contributed by atoms with Gasteiger partial charge in [-0.1, -0.05) is 30.3 Å². The van der Waals surface area contributed by atoms with E-state index in [9.17, 15) is 24.3 Å². The molecule has 0 aliphatic rings. The number of aromatic nitrogens is 2. The molecule has 2 aromatic rings. The van der Waals surface area contributed by atoms with E-state index in [1.165, 1.54) is 13.3 Å². The van der Waals surface area contributed by atoms with Crippen LogP contribution in [0.3, 0.4) is 0 Å². The van der Waals surface area contributed by atoms with Gasteiger partial charge in [0.2, 0.25) is 17.7 Å². The predicted molar refractivity (Wildman–Crippen MR) is 132 cm³/mol. The highest BCUT2D eigenvalue weighted by Gasteiger charge is 2.28. The highest BCUT2D eigenvalue weighted by atomic mass is 16.4. The Labute approximate surface area is 209 Å². The van der Waals surface area contributed by atoms with Gasteiger partial charge in [-0.05, 0) is 38.3 Å². The van der Waals surface area contributed by atoms with Crippen LogP contribution in [0.25, 0.3) is 0 Å². The summed E-state index contributed by atoms with van der Waals surface area (Å²) in [6.45, 7) is 1.87. The molecule has 12 heteroatoms. The van der Waals surface area contributed by atoms with E-state index < -0.39 is 47.9 Å². The second-order valence-electron chi connectivity index (χ2n) is 8.55. The van der Waals surface area contributed by atoms with Crippen molar-refractivity contribution in [3.05, 3.63) is 54.1 Å². The van der Waals surface area contributed by atoms with Gasteiger partial charge in [0.25, 0.3) is 0 Å². The minimum atomic E-state index is -1.19. The molecule has 2 rings (SSSR count). The van der Waals surface area contributed by atoms with Crippen LogP contribution < -0.4 is 27.4 Å². The molecule has 1 heterocycles. The third-order valence-electron chi connectivity index (χ3n) is 5.56. The van der Waals surface area contributed by atoms with E-state index in [0.717, 1.165) is 5.56 Å². The van der Waals surface area contributed by atoms with E-state index in [4.69, 9.17) is 11.5 Å². The number of amides is 3. The topological polar surface area (TPSA) is 205 Å². The van der Waals surface area contributed by atoms with Gasteiger partial charge in [-0.3, -0.25) is 14.4 Å². The first-order valence-electron chi connectivity index (χ1n) is 11.8. The van der Waals surface area contributed by atoms with Gasteiger partial charge in [0.1, 0.15) is 18.1 Å². The van der Waals surface area contributed by atoms with Crippen LogP contribution in [0.1, 0.15) is 37.4 Å². The van der Waals surface area contributed by atoms with E-state index in [-0.39, 0.29) is 12.8 Å². The number of nitrogens with one attached hydrogen (secondary N) is 4. The van der Waals surface area contributed by atoms with Crippen molar-refractivity contribution in [2.45, 2.75) is 63.2 Å². The van der Waals surface area contributed by atoms with Crippen molar-refractivity contribution in [1.29, 1.82) is 0 Å². The van der Waals surface area contributed by atoms with Crippen LogP contribution in [0.2, 0.25) is 0 Å². The van der Waals surface area contributed by atoms with Crippen molar-refractivity contribution in [1.82, 2.24) is 25.9 Å². The molecule has 0 saturated carbocycles. The minimum Gasteiger partial charge on any atom is -0.480 e. The summed E-state index contributed by atoms with van der Waals surface area (Å²) in [4.78, 5) is 56.6. The molecular formula is C24H35N7O5. The van der Waals surface area contributed by atoms with Crippen molar-refractivity contribution < 1.29 is 24.3 Å². The Bertz CT molecular complexity index is 984. The second kappa shape index (κ2) is 14.6. The predicted octanol–water partition coefficient (Wildman–Crippen LogP) is -0.790. The number of imidazole rings is 1. The van der Waals surface area contributed by atoms with Gasteiger partial charge < -0.3 is 37.5 Å². The number of benzene rings is 1. The van der Waals surface area contributed by atoms with E-state index in [1.54, 1.807) is 30.5 Å². The maximum Gasteiger partial charge on any atom is 0.326 e. The summed E-state index contributed by atoms with van der Waals surface area (Å²) in [6.07, 6.45) is 4.85. The average Bonchev–Trinajstić information content (AvgIpc) is 3.36. The molecule has 0 aliphatic carbocycles. The second-order valence-corrected chi connectivity index (χ2v) is 8.55. The Morgan fingerprint density at radius 1 is 0.972 bits per heavy atom. The van der Waals surface area contributed by atoms with Gasteiger partial charge >= 0.3 is 5.97 Å². The van der Waals surface area contributed by atoms with Crippen LogP contribution in [0.4, 0.5) is 0 Å². The number of aliphatic carboxylic acids is 1. The van der Waals surface area contributed by atoms with Crippen molar-refractivity contribution >= 4 is 23.7 Å². The van der Waals surface area contributed by atoms with E-state index >= 15 is 0 Å². The first-order valence-corrected chi connectivity index (χ1v) is 11.8. The smallest absolute Gasteiger partial charge is 0.326 e. The minimum absolute atomic E-state index is 0.0918. The molecule has 4 atom stereocenters. The standard InChI is InChI=1S/C24H35N7O5/c1-15(21(32)31-20(24(35)36)11-16-7-3-2-4-8-16)29-23(34)19(9-5-6-10-25)30-22(33)18(26)12-17-13-27-14-28-17/h2-4,7-8,13-15,18-20H,5-6,9-12,25-26H2,1H3,(H,27,28)(H,29,34)(H,30,33)(H,31,32)(H,35,36). The molecule has 196 valence electrons. The van der Waals surface area contributed by atoms with Crippen molar-refractivity contribution in [2.24, 2.45) is 11.5 Å². The number of nitrogens with two attached hydrogens (primary N) is 2. The number of carboxylic acid groups (broad SMARTS) is 1. The number of carbonyl (C=O) groups is 4. The molecular weight excluding hydrogens is 466 g/mol. The fourth-order valence-corrected chi connectivity index (χ4v) is 3.49. The lowest BCUT2D eigenvalue weighted by atomic mass is 10.1. The number of hydrogen-bond donors (Lipinski definition) is 7. The highest BCUT2D eigenvalue weighted by molar-refractivity contribution is 5.94. The number of nitrogens with zero attached hydrogens (tertiary/aromatic N) is 1. The first-order chi connectivity index (χ1) is 17.2. The Hall–Kier alpha value is -3.77. The van der Waals surface area contributed by atoms with Crippen molar-refractivity contribution in [3.8, 4) is 0 Å². The van der Waals surface area contributed by atoms with Crippen LogP contribution in [0.5, 0.6) is 0 Å². The number of aromatic amines is 1. The van der Waals surface area contributed by atoms with Crippen LogP contribution in [-0.2, 0) is 32.0 Å². The third kappa shape index (κ3) is 9.47. The zero-order chi connectivity index (χ0) is 26.5. The third-order valence-corrected chi connectivity index (χ3v) is 5.56. The molecule has 0 fully saturated rings. The van der Waals surface area contributed by atoms with Gasteiger partial charge in [0.15, 0.2) is 0 Å². The SMILES string of the molecule is CC(NC(=O)C(CCCCN)NC(=O)C(N)Cc1cnc[nH]1)C(=O)NC(Cc1ccccc1)C(=O)O. The van der Waals surface area contributed by atoms with Crippen molar-refractivity contribution in [2.75, 3.05) is 6.54 Å². The van der Waals surface area contributed by atoms with Gasteiger partial charge in [0, 0.05) is 24.7 Å². The Morgan fingerprint density at radius 3 is 2.28 bits per heavy atom. The van der Waals surface area contributed by atoms with Crippen LogP contribution in [0.15, 0.2) is 42.9 Å². The van der Waals surface area contributed by atoms with Crippen LogP contribution in [-0.4, -0.2) is 69.5 Å². The molecule has 4 unspecified atom stereocenters. The number of carboxylic acids is 1. The van der Waals surface area contributed by atoms with E-state index in [1.807, 2.05) is 6.07 Å². The molecule has 1 aromatic carbocycles. The van der Waals surface area contributed by atoms with Gasteiger partial charge in [0.05, 0.1) is 12.4 Å². The molecule has 9 N–H and O–H groups in total. The molecule has 0 radical (unpaired) electrons. The van der Waals surface area contributed by atoms with Gasteiger partial charge in [-0.2, -0.15) is 0 Å². The molecule has 12 nitrogen and oxygen atoms in total. The quantitative estimate of drug-likeness (QED) is 0.154. The lowest BCUT2D eigenvalue weighted by Gasteiger charge is -2.23. The van der Waals surface area contributed by atoms with E-state index in [2.05, 4.69) is 25.9 Å². The zero-order valence-corrected chi connectivity index (χ0v) is 20.3. The maximum atomic E-state index is 12.9. The lowest BCUT2D eigenvalue weighted by molar-refractivity contribution is -0.142. The summed E-state index contributed by atoms with van der Waals surface area (Å²) in [6, 6.07) is 4.83. The molecule has 36 heavy (non-hydrogen) atoms. The van der Waals surface area contributed by atoms with Crippen LogP contribution in [0, 0.1) is 0 Å². The largest absolute Gasteiger partial charge is 0.480 e. The summed E-state index contributed by atoms with van der Waals surface area (Å²) < 4.78 is 0. The molecule has 3 amide bonds. The van der Waals surface area contributed by atoms with Crippen LogP contribution >= 0.6 is 0 Å². The lowest BCUT2D eigenvalue weighted by Crippen LogP contribution is -2.56. The van der Waals surface area contributed by atoms with E-state index in [0.29, 0.717) is 31.5 Å². The molecule has 0 spiro atoms. The zero-order valence-electron chi connectivity index (χ0n) is 20.3. The summed E-state index contributed by atoms with van der Waals surface area (Å²) in [5.74, 6) is -2.95. The molecule has 1 aromatic heterocycles. The Balaban J connectivity index is 1.97. The highest BCUT2D eigenvalue weighted by Crippen LogP contribution is 2.06. The van der Waals surface area contributed by atoms with Crippen molar-refractivity contribution in [3.63, 3.8) is 0 Å². The number of rotatable bonds is 15. The Kier molecular flexibility index (Phi) is 11.5. The summed E-state index contributed by atoms with van der Waals surface area (Å²) >= 11 is 0. The number of carbonyl (C=O) groups excluding carboxylic acids is 3. The number of H-pyrrole nitrogens is 1. The average molecular weight is 502 g/mol. The maximum absolute atomic E-state index is 12.9. The monoisotopic (exact) mass is 501 g/mol. The summed E-state index contributed by atoms with van der Waals surface area (Å²) in [7, 11) is 0. The summed E-state index contributed by atoms with van der Waals surface area (Å²) in [5, 5.41) is 17.2. The fraction of sp³-hybridized carbons (Fsp3) is 0.458. The molecule has 0 bridgehead atoms. The number of unbranched alkanes of at least 4 members (excludes halogenated alkanes) is 1. The normalized spacial score (nSPS) is 14.2. The molecule has 0 saturated heterocycles. The van der Waals surface area contributed by atoms with Gasteiger partial charge in [-0.25, -0.2) is 9.78 Å². The first kappa shape index (κ1) is 28.5. The molecule has 0 aliphatic heterocycles. The van der Waals surface area contributed by atoms with Gasteiger partial charge in [-0.15, -0.1) is 0 Å². The number of hydrogen-bond acceptors (Lipinski definition) is 7. The fourth-order valence-electron chi connectivity index (χ4n) is 3.49. The summed E-state index contributed by atoms with van der Waals surface area (Å²) in [5.41, 5.74) is 12.9. The Morgan fingerprint density at radius 2 is 1.67 bits per heavy atom.